The predicted molar refractivity (Wildman–Crippen MR) is 90.3 cm³/mol. The van der Waals surface area contributed by atoms with Crippen LogP contribution in [0.3, 0.4) is 0 Å². The molecule has 0 radical (unpaired) electrons. The highest BCUT2D eigenvalue weighted by atomic mass is 19.1. The first-order chi connectivity index (χ1) is 11.6. The minimum Gasteiger partial charge on any atom is -0.494 e. The summed E-state index contributed by atoms with van der Waals surface area (Å²) in [5.74, 6) is 1.30. The maximum absolute atomic E-state index is 12.8. The number of fused-ring (bicyclic) bond motifs is 1. The fourth-order valence-corrected chi connectivity index (χ4v) is 2.27. The molecule has 3 aromatic rings. The van der Waals surface area contributed by atoms with E-state index in [2.05, 4.69) is 20.4 Å². The van der Waals surface area contributed by atoms with Gasteiger partial charge < -0.3 is 15.8 Å². The van der Waals surface area contributed by atoms with E-state index < -0.39 is 0 Å². The highest BCUT2D eigenvalue weighted by Crippen LogP contribution is 2.18. The van der Waals surface area contributed by atoms with Crippen LogP contribution in [0.5, 0.6) is 5.75 Å². The number of nitrogens with two attached hydrogens (primary N) is 1. The first kappa shape index (κ1) is 16.0. The van der Waals surface area contributed by atoms with E-state index in [1.165, 1.54) is 12.1 Å². The standard InChI is InChI=1S/C16H19FN6O/c1-23-15-13(10-20-23)14(18)21-16(22-15)19-8-2-3-9-24-12-6-4-11(17)5-7-12/h4-7,10H,2-3,8-9H2,1H3,(H3,18,19,21,22). The lowest BCUT2D eigenvalue weighted by molar-refractivity contribution is 0.308. The van der Waals surface area contributed by atoms with Crippen LogP contribution in [-0.2, 0) is 7.05 Å². The van der Waals surface area contributed by atoms with Gasteiger partial charge in [0, 0.05) is 13.6 Å². The second-order valence-electron chi connectivity index (χ2n) is 5.37. The fourth-order valence-electron chi connectivity index (χ4n) is 2.27. The van der Waals surface area contributed by atoms with Gasteiger partial charge in [-0.3, -0.25) is 4.68 Å². The van der Waals surface area contributed by atoms with Crippen molar-refractivity contribution in [2.75, 3.05) is 24.2 Å². The molecule has 0 aliphatic carbocycles. The molecule has 8 heteroatoms. The topological polar surface area (TPSA) is 90.9 Å². The van der Waals surface area contributed by atoms with Crippen molar-refractivity contribution in [3.05, 3.63) is 36.3 Å². The third-order valence-corrected chi connectivity index (χ3v) is 3.56. The van der Waals surface area contributed by atoms with Gasteiger partial charge in [-0.05, 0) is 37.1 Å². The molecule has 0 spiro atoms. The monoisotopic (exact) mass is 330 g/mol. The minimum absolute atomic E-state index is 0.267. The smallest absolute Gasteiger partial charge is 0.226 e. The summed E-state index contributed by atoms with van der Waals surface area (Å²) in [6.45, 7) is 1.27. The number of benzene rings is 1. The highest BCUT2D eigenvalue weighted by molar-refractivity contribution is 5.86. The molecule has 2 heterocycles. The Kier molecular flexibility index (Phi) is 4.74. The van der Waals surface area contributed by atoms with E-state index in [4.69, 9.17) is 10.5 Å². The summed E-state index contributed by atoms with van der Waals surface area (Å²) in [5.41, 5.74) is 6.60. The lowest BCUT2D eigenvalue weighted by Gasteiger charge is -2.08. The number of nitrogens with zero attached hydrogens (tertiary/aromatic N) is 4. The number of halogens is 1. The highest BCUT2D eigenvalue weighted by Gasteiger charge is 2.08. The van der Waals surface area contributed by atoms with Crippen molar-refractivity contribution in [1.29, 1.82) is 0 Å². The van der Waals surface area contributed by atoms with E-state index in [0.29, 0.717) is 36.3 Å². The maximum atomic E-state index is 12.8. The van der Waals surface area contributed by atoms with Crippen molar-refractivity contribution in [2.24, 2.45) is 7.05 Å². The number of nitrogen functional groups attached to an aromatic ring is 1. The number of unbranched alkanes of at least 4 members (excludes halogenated alkanes) is 1. The van der Waals surface area contributed by atoms with Crippen LogP contribution in [0.25, 0.3) is 11.0 Å². The lowest BCUT2D eigenvalue weighted by atomic mass is 10.3. The molecule has 3 N–H and O–H groups in total. The quantitative estimate of drug-likeness (QED) is 0.646. The van der Waals surface area contributed by atoms with Crippen molar-refractivity contribution < 1.29 is 9.13 Å². The predicted octanol–water partition coefficient (Wildman–Crippen LogP) is 2.36. The average molecular weight is 330 g/mol. The number of anilines is 2. The molecule has 0 aliphatic heterocycles. The zero-order valence-corrected chi connectivity index (χ0v) is 13.4. The second kappa shape index (κ2) is 7.12. The van der Waals surface area contributed by atoms with Crippen LogP contribution in [-0.4, -0.2) is 32.9 Å². The molecule has 0 saturated heterocycles. The first-order valence-corrected chi connectivity index (χ1v) is 7.71. The van der Waals surface area contributed by atoms with Crippen LogP contribution in [0.1, 0.15) is 12.8 Å². The normalized spacial score (nSPS) is 10.9. The van der Waals surface area contributed by atoms with Gasteiger partial charge in [0.15, 0.2) is 5.65 Å². The van der Waals surface area contributed by atoms with Crippen LogP contribution >= 0.6 is 0 Å². The summed E-state index contributed by atoms with van der Waals surface area (Å²) in [6, 6.07) is 6.00. The molecule has 2 aromatic heterocycles. The molecule has 1 aromatic carbocycles. The van der Waals surface area contributed by atoms with Crippen LogP contribution in [0, 0.1) is 5.82 Å². The average Bonchev–Trinajstić information content (AvgIpc) is 2.94. The molecule has 0 amide bonds. The molecule has 126 valence electrons. The summed E-state index contributed by atoms with van der Waals surface area (Å²) >= 11 is 0. The van der Waals surface area contributed by atoms with Gasteiger partial charge in [0.1, 0.15) is 17.4 Å². The number of hydrogen-bond donors (Lipinski definition) is 2. The fraction of sp³-hybridized carbons (Fsp3) is 0.312. The number of nitrogens with one attached hydrogen (secondary N) is 1. The molecule has 0 bridgehead atoms. The Morgan fingerprint density at radius 3 is 2.79 bits per heavy atom. The molecule has 0 fully saturated rings. The Morgan fingerprint density at radius 2 is 2.00 bits per heavy atom. The van der Waals surface area contributed by atoms with Gasteiger partial charge in [-0.2, -0.15) is 15.1 Å². The van der Waals surface area contributed by atoms with E-state index in [-0.39, 0.29) is 5.82 Å². The molecule has 0 aliphatic rings. The van der Waals surface area contributed by atoms with Crippen molar-refractivity contribution in [1.82, 2.24) is 19.7 Å². The zero-order valence-electron chi connectivity index (χ0n) is 13.4. The van der Waals surface area contributed by atoms with Crippen LogP contribution in [0.15, 0.2) is 30.5 Å². The number of hydrogen-bond acceptors (Lipinski definition) is 6. The van der Waals surface area contributed by atoms with Crippen LogP contribution < -0.4 is 15.8 Å². The third kappa shape index (κ3) is 3.70. The number of ether oxygens (including phenoxy) is 1. The van der Waals surface area contributed by atoms with Crippen molar-refractivity contribution in [3.63, 3.8) is 0 Å². The number of aryl methyl sites for hydroxylation is 1. The Bertz CT molecular complexity index is 817. The number of aromatic nitrogens is 4. The summed E-state index contributed by atoms with van der Waals surface area (Å²) in [7, 11) is 1.81. The first-order valence-electron chi connectivity index (χ1n) is 7.71. The molecular weight excluding hydrogens is 311 g/mol. The molecule has 3 rings (SSSR count). The Hall–Kier alpha value is -2.90. The molecule has 0 saturated carbocycles. The van der Waals surface area contributed by atoms with Gasteiger partial charge in [-0.1, -0.05) is 0 Å². The van der Waals surface area contributed by atoms with E-state index in [1.54, 1.807) is 23.0 Å². The van der Waals surface area contributed by atoms with Crippen molar-refractivity contribution in [2.45, 2.75) is 12.8 Å². The zero-order chi connectivity index (χ0) is 16.9. The molecular formula is C16H19FN6O. The van der Waals surface area contributed by atoms with Crippen molar-refractivity contribution in [3.8, 4) is 5.75 Å². The van der Waals surface area contributed by atoms with Gasteiger partial charge in [-0.25, -0.2) is 4.39 Å². The van der Waals surface area contributed by atoms with Gasteiger partial charge in [0.25, 0.3) is 0 Å². The summed E-state index contributed by atoms with van der Waals surface area (Å²) in [6.07, 6.45) is 3.39. The molecule has 7 nitrogen and oxygen atoms in total. The molecule has 0 unspecified atom stereocenters. The Balaban J connectivity index is 1.43. The second-order valence-corrected chi connectivity index (χ2v) is 5.37. The van der Waals surface area contributed by atoms with E-state index >= 15 is 0 Å². The summed E-state index contributed by atoms with van der Waals surface area (Å²) in [4.78, 5) is 8.62. The van der Waals surface area contributed by atoms with Crippen LogP contribution in [0.4, 0.5) is 16.2 Å². The van der Waals surface area contributed by atoms with Gasteiger partial charge >= 0.3 is 0 Å². The Labute approximate surface area is 138 Å². The largest absolute Gasteiger partial charge is 0.494 e. The molecule has 0 atom stereocenters. The molecule has 24 heavy (non-hydrogen) atoms. The third-order valence-electron chi connectivity index (χ3n) is 3.56. The summed E-state index contributed by atoms with van der Waals surface area (Å²) < 4.78 is 20.0. The van der Waals surface area contributed by atoms with Gasteiger partial charge in [0.05, 0.1) is 18.2 Å². The summed E-state index contributed by atoms with van der Waals surface area (Å²) in [5, 5.41) is 8.02. The maximum Gasteiger partial charge on any atom is 0.226 e. The SMILES string of the molecule is Cn1ncc2c(N)nc(NCCCCOc3ccc(F)cc3)nc21. The number of rotatable bonds is 7. The van der Waals surface area contributed by atoms with Crippen LogP contribution in [0.2, 0.25) is 0 Å². The van der Waals surface area contributed by atoms with Gasteiger partial charge in [0.2, 0.25) is 5.95 Å². The minimum atomic E-state index is -0.267. The Morgan fingerprint density at radius 1 is 1.21 bits per heavy atom. The van der Waals surface area contributed by atoms with Gasteiger partial charge in [-0.15, -0.1) is 0 Å². The van der Waals surface area contributed by atoms with E-state index in [1.807, 2.05) is 7.05 Å². The van der Waals surface area contributed by atoms with E-state index in [0.717, 1.165) is 18.2 Å². The van der Waals surface area contributed by atoms with E-state index in [9.17, 15) is 4.39 Å². The van der Waals surface area contributed by atoms with Crippen molar-refractivity contribution >= 4 is 22.8 Å². The lowest BCUT2D eigenvalue weighted by Crippen LogP contribution is -2.09.